The summed E-state index contributed by atoms with van der Waals surface area (Å²) in [6, 6.07) is 13.4. The van der Waals surface area contributed by atoms with Gasteiger partial charge in [-0.2, -0.15) is 0 Å². The SMILES string of the molecule is COc1ccc(N2C(=O)[C@H]3C(C(=O)c4ccc(C)cc4)=NO[C@@H]3C2=O)cc1. The Morgan fingerprint density at radius 1 is 1.04 bits per heavy atom. The fourth-order valence-corrected chi connectivity index (χ4v) is 3.20. The first-order valence-corrected chi connectivity index (χ1v) is 8.38. The summed E-state index contributed by atoms with van der Waals surface area (Å²) in [5.74, 6) is -1.91. The molecule has 0 spiro atoms. The third kappa shape index (κ3) is 2.68. The third-order valence-electron chi connectivity index (χ3n) is 4.69. The van der Waals surface area contributed by atoms with Gasteiger partial charge in [0.25, 0.3) is 5.91 Å². The molecule has 0 aliphatic carbocycles. The topological polar surface area (TPSA) is 85.3 Å². The van der Waals surface area contributed by atoms with Crippen LogP contribution in [0.5, 0.6) is 5.75 Å². The number of aryl methyl sites for hydroxylation is 1. The number of fused-ring (bicyclic) bond motifs is 1. The van der Waals surface area contributed by atoms with Gasteiger partial charge in [-0.3, -0.25) is 14.4 Å². The number of ether oxygens (including phenoxy) is 1. The van der Waals surface area contributed by atoms with Gasteiger partial charge in [0.2, 0.25) is 17.8 Å². The highest BCUT2D eigenvalue weighted by Gasteiger charge is 2.57. The lowest BCUT2D eigenvalue weighted by Gasteiger charge is -2.15. The molecule has 0 aromatic heterocycles. The maximum Gasteiger partial charge on any atom is 0.278 e. The summed E-state index contributed by atoms with van der Waals surface area (Å²) in [7, 11) is 1.53. The standard InChI is InChI=1S/C20H16N2O5/c1-11-3-5-12(6-4-11)17(23)16-15-18(27-21-16)20(25)22(19(15)24)13-7-9-14(26-2)10-8-13/h3-10,15,18H,1-2H3/t15-,18-/m0/s1. The zero-order valence-electron chi connectivity index (χ0n) is 14.7. The predicted octanol–water partition coefficient (Wildman–Crippen LogP) is 2.13. The maximum atomic E-state index is 12.9. The number of benzene rings is 2. The lowest BCUT2D eigenvalue weighted by molar-refractivity contribution is -0.126. The minimum absolute atomic E-state index is 0.0433. The quantitative estimate of drug-likeness (QED) is 0.613. The number of hydrogen-bond donors (Lipinski definition) is 0. The van der Waals surface area contributed by atoms with Crippen LogP contribution in [0.25, 0.3) is 0 Å². The van der Waals surface area contributed by atoms with Crippen LogP contribution in [0.15, 0.2) is 53.7 Å². The van der Waals surface area contributed by atoms with E-state index in [-0.39, 0.29) is 5.71 Å². The molecule has 0 bridgehead atoms. The summed E-state index contributed by atoms with van der Waals surface area (Å²) in [4.78, 5) is 44.5. The van der Waals surface area contributed by atoms with E-state index in [9.17, 15) is 14.4 Å². The number of methoxy groups -OCH3 is 1. The normalized spacial score (nSPS) is 21.0. The van der Waals surface area contributed by atoms with Crippen LogP contribution in [-0.2, 0) is 14.4 Å². The van der Waals surface area contributed by atoms with Crippen LogP contribution in [-0.4, -0.2) is 36.5 Å². The highest BCUT2D eigenvalue weighted by atomic mass is 16.7. The van der Waals surface area contributed by atoms with Crippen LogP contribution < -0.4 is 9.64 Å². The van der Waals surface area contributed by atoms with Crippen molar-refractivity contribution in [3.63, 3.8) is 0 Å². The van der Waals surface area contributed by atoms with Gasteiger partial charge in [-0.05, 0) is 31.2 Å². The number of Topliss-reactive ketones (excluding diaryl/α,β-unsaturated/α-hetero) is 1. The number of hydrogen-bond acceptors (Lipinski definition) is 6. The van der Waals surface area contributed by atoms with E-state index in [2.05, 4.69) is 5.16 Å². The molecule has 0 N–H and O–H groups in total. The number of oxime groups is 1. The van der Waals surface area contributed by atoms with Gasteiger partial charge < -0.3 is 9.57 Å². The predicted molar refractivity (Wildman–Crippen MR) is 96.8 cm³/mol. The Kier molecular flexibility index (Phi) is 3.99. The first kappa shape index (κ1) is 17.0. The Balaban J connectivity index is 1.63. The molecule has 1 fully saturated rings. The average molecular weight is 364 g/mol. The average Bonchev–Trinajstić information content (AvgIpc) is 3.22. The second kappa shape index (κ2) is 6.35. The molecular weight excluding hydrogens is 348 g/mol. The summed E-state index contributed by atoms with van der Waals surface area (Å²) < 4.78 is 5.09. The largest absolute Gasteiger partial charge is 0.497 e. The summed E-state index contributed by atoms with van der Waals surface area (Å²) >= 11 is 0. The summed E-state index contributed by atoms with van der Waals surface area (Å²) in [6.45, 7) is 1.91. The number of nitrogens with zero attached hydrogens (tertiary/aromatic N) is 2. The molecule has 7 nitrogen and oxygen atoms in total. The van der Waals surface area contributed by atoms with E-state index in [1.807, 2.05) is 6.92 Å². The molecule has 7 heteroatoms. The molecule has 0 radical (unpaired) electrons. The summed E-state index contributed by atoms with van der Waals surface area (Å²) in [5.41, 5.74) is 1.75. The van der Waals surface area contributed by atoms with Gasteiger partial charge in [-0.1, -0.05) is 35.0 Å². The molecule has 2 atom stereocenters. The Hall–Kier alpha value is -3.48. The first-order valence-electron chi connectivity index (χ1n) is 8.38. The number of amides is 2. The fourth-order valence-electron chi connectivity index (χ4n) is 3.20. The van der Waals surface area contributed by atoms with Crippen LogP contribution in [0.4, 0.5) is 5.69 Å². The molecule has 2 aromatic rings. The van der Waals surface area contributed by atoms with E-state index >= 15 is 0 Å². The minimum atomic E-state index is -1.11. The van der Waals surface area contributed by atoms with Crippen molar-refractivity contribution in [2.45, 2.75) is 13.0 Å². The van der Waals surface area contributed by atoms with E-state index in [0.717, 1.165) is 10.5 Å². The van der Waals surface area contributed by atoms with E-state index < -0.39 is 29.6 Å². The summed E-state index contributed by atoms with van der Waals surface area (Å²) in [5, 5.41) is 3.75. The minimum Gasteiger partial charge on any atom is -0.497 e. The fraction of sp³-hybridized carbons (Fsp3) is 0.200. The molecular formula is C20H16N2O5. The van der Waals surface area contributed by atoms with Gasteiger partial charge in [0.15, 0.2) is 0 Å². The Labute approximate surface area is 155 Å². The lowest BCUT2D eigenvalue weighted by atomic mass is 9.93. The highest BCUT2D eigenvalue weighted by molar-refractivity contribution is 6.52. The number of carbonyl (C=O) groups excluding carboxylic acids is 3. The van der Waals surface area contributed by atoms with Crippen LogP contribution in [0.3, 0.4) is 0 Å². The van der Waals surface area contributed by atoms with Gasteiger partial charge in [0, 0.05) is 5.56 Å². The van der Waals surface area contributed by atoms with E-state index in [1.165, 1.54) is 7.11 Å². The number of imide groups is 1. The van der Waals surface area contributed by atoms with Crippen molar-refractivity contribution >= 4 is 29.0 Å². The van der Waals surface area contributed by atoms with Gasteiger partial charge >= 0.3 is 0 Å². The molecule has 4 rings (SSSR count). The number of carbonyl (C=O) groups is 3. The van der Waals surface area contributed by atoms with Gasteiger partial charge in [0.05, 0.1) is 12.8 Å². The monoisotopic (exact) mass is 364 g/mol. The van der Waals surface area contributed by atoms with Crippen molar-refractivity contribution in [2.24, 2.45) is 11.1 Å². The summed E-state index contributed by atoms with van der Waals surface area (Å²) in [6.07, 6.45) is -1.11. The van der Waals surface area contributed by atoms with Gasteiger partial charge in [-0.15, -0.1) is 0 Å². The number of anilines is 1. The van der Waals surface area contributed by atoms with Crippen molar-refractivity contribution in [1.29, 1.82) is 0 Å². The molecule has 2 aromatic carbocycles. The molecule has 1 saturated heterocycles. The lowest BCUT2D eigenvalue weighted by Crippen LogP contribution is -2.34. The Morgan fingerprint density at radius 3 is 2.33 bits per heavy atom. The van der Waals surface area contributed by atoms with Crippen LogP contribution in [0.1, 0.15) is 15.9 Å². The number of ketones is 1. The Morgan fingerprint density at radius 2 is 1.70 bits per heavy atom. The zero-order chi connectivity index (χ0) is 19.1. The van der Waals surface area contributed by atoms with Crippen LogP contribution in [0.2, 0.25) is 0 Å². The van der Waals surface area contributed by atoms with Crippen molar-refractivity contribution in [2.75, 3.05) is 12.0 Å². The Bertz CT molecular complexity index is 963. The molecule has 2 amide bonds. The van der Waals surface area contributed by atoms with Gasteiger partial charge in [-0.25, -0.2) is 4.90 Å². The maximum absolute atomic E-state index is 12.9. The molecule has 2 heterocycles. The van der Waals surface area contributed by atoms with Crippen LogP contribution in [0, 0.1) is 12.8 Å². The van der Waals surface area contributed by atoms with E-state index in [4.69, 9.17) is 9.57 Å². The van der Waals surface area contributed by atoms with E-state index in [1.54, 1.807) is 48.5 Å². The van der Waals surface area contributed by atoms with Crippen molar-refractivity contribution < 1.29 is 24.0 Å². The highest BCUT2D eigenvalue weighted by Crippen LogP contribution is 2.34. The molecule has 0 saturated carbocycles. The molecule has 2 aliphatic rings. The van der Waals surface area contributed by atoms with Crippen LogP contribution >= 0.6 is 0 Å². The molecule has 27 heavy (non-hydrogen) atoms. The second-order valence-corrected chi connectivity index (χ2v) is 6.39. The van der Waals surface area contributed by atoms with Crippen molar-refractivity contribution in [3.8, 4) is 5.75 Å². The smallest absolute Gasteiger partial charge is 0.278 e. The van der Waals surface area contributed by atoms with Crippen molar-refractivity contribution in [3.05, 3.63) is 59.7 Å². The van der Waals surface area contributed by atoms with E-state index in [0.29, 0.717) is 17.0 Å². The zero-order valence-corrected chi connectivity index (χ0v) is 14.7. The number of rotatable bonds is 4. The molecule has 2 aliphatic heterocycles. The molecule has 136 valence electrons. The van der Waals surface area contributed by atoms with Gasteiger partial charge in [0.1, 0.15) is 17.4 Å². The first-order chi connectivity index (χ1) is 13.0. The second-order valence-electron chi connectivity index (χ2n) is 6.39. The van der Waals surface area contributed by atoms with Crippen molar-refractivity contribution in [1.82, 2.24) is 0 Å². The third-order valence-corrected chi connectivity index (χ3v) is 4.69. The molecule has 0 unspecified atom stereocenters.